The van der Waals surface area contributed by atoms with Crippen molar-refractivity contribution in [1.29, 1.82) is 0 Å². The summed E-state index contributed by atoms with van der Waals surface area (Å²) in [7, 11) is 0. The van der Waals surface area contributed by atoms with Gasteiger partial charge in [0.05, 0.1) is 6.21 Å². The molecule has 0 saturated heterocycles. The number of benzene rings is 1. The molecule has 0 heterocycles. The summed E-state index contributed by atoms with van der Waals surface area (Å²) in [6, 6.07) is 9.40. The van der Waals surface area contributed by atoms with Gasteiger partial charge in [0, 0.05) is 6.21 Å². The number of rotatable bonds is 3. The lowest BCUT2D eigenvalue weighted by Crippen LogP contribution is -1.76. The number of nitrogens with zero attached hydrogens (tertiary/aromatic N) is 2. The van der Waals surface area contributed by atoms with E-state index in [-0.39, 0.29) is 0 Å². The highest BCUT2D eigenvalue weighted by Gasteiger charge is 1.79. The largest absolute Gasteiger partial charge is 0.411 e. The van der Waals surface area contributed by atoms with Crippen molar-refractivity contribution in [2.75, 3.05) is 0 Å². The summed E-state index contributed by atoms with van der Waals surface area (Å²) in [5.41, 5.74) is 0.903. The highest BCUT2D eigenvalue weighted by atomic mass is 16.4. The Labute approximate surface area is 89.5 Å². The highest BCUT2D eigenvalue weighted by molar-refractivity contribution is 5.78. The van der Waals surface area contributed by atoms with Crippen LogP contribution < -0.4 is 0 Å². The molecule has 0 atom stereocenters. The van der Waals surface area contributed by atoms with E-state index in [4.69, 9.17) is 10.4 Å². The van der Waals surface area contributed by atoms with Crippen LogP contribution in [-0.2, 0) is 0 Å². The van der Waals surface area contributed by atoms with E-state index < -0.39 is 0 Å². The summed E-state index contributed by atoms with van der Waals surface area (Å²) in [5.74, 6) is 0. The number of hydrogen-bond acceptors (Lipinski definition) is 4. The zero-order chi connectivity index (χ0) is 11.4. The van der Waals surface area contributed by atoms with Crippen LogP contribution in [0.3, 0.4) is 0 Å². The zero-order valence-corrected chi connectivity index (χ0v) is 8.74. The lowest BCUT2D eigenvalue weighted by molar-refractivity contribution is 0.320. The second-order valence-corrected chi connectivity index (χ2v) is 2.74. The second-order valence-electron chi connectivity index (χ2n) is 2.74. The summed E-state index contributed by atoms with van der Waals surface area (Å²) >= 11 is 0. The minimum Gasteiger partial charge on any atom is -0.411 e. The summed E-state index contributed by atoms with van der Waals surface area (Å²) in [5, 5.41) is 21.5. The van der Waals surface area contributed by atoms with Gasteiger partial charge >= 0.3 is 0 Å². The van der Waals surface area contributed by atoms with Gasteiger partial charge in [0.15, 0.2) is 0 Å². The lowest BCUT2D eigenvalue weighted by atomic mass is 10.2. The van der Waals surface area contributed by atoms with Crippen LogP contribution in [0, 0.1) is 0 Å². The molecule has 0 saturated carbocycles. The van der Waals surface area contributed by atoms with E-state index in [9.17, 15) is 0 Å². The van der Waals surface area contributed by atoms with Crippen molar-refractivity contribution in [3.8, 4) is 0 Å². The molecule has 2 N–H and O–H groups in total. The average Bonchev–Trinajstić information content (AvgIpc) is 2.29. The third-order valence-electron chi connectivity index (χ3n) is 1.51. The van der Waals surface area contributed by atoms with Crippen molar-refractivity contribution in [2.45, 2.75) is 19.8 Å². The van der Waals surface area contributed by atoms with E-state index in [2.05, 4.69) is 10.3 Å². The SMILES string of the molecule is CCC/C=N\O.O/N=C\c1ccccc1. The lowest BCUT2D eigenvalue weighted by Gasteiger charge is -1.85. The summed E-state index contributed by atoms with van der Waals surface area (Å²) in [6.07, 6.45) is 4.79. The van der Waals surface area contributed by atoms with Crippen LogP contribution in [-0.4, -0.2) is 22.8 Å². The van der Waals surface area contributed by atoms with Crippen LogP contribution in [0.1, 0.15) is 25.3 Å². The summed E-state index contributed by atoms with van der Waals surface area (Å²) in [6.45, 7) is 2.03. The summed E-state index contributed by atoms with van der Waals surface area (Å²) in [4.78, 5) is 0. The van der Waals surface area contributed by atoms with Crippen LogP contribution >= 0.6 is 0 Å². The fourth-order valence-corrected chi connectivity index (χ4v) is 0.793. The van der Waals surface area contributed by atoms with Gasteiger partial charge in [0.1, 0.15) is 0 Å². The van der Waals surface area contributed by atoms with E-state index in [1.54, 1.807) is 0 Å². The minimum absolute atomic E-state index is 0.872. The van der Waals surface area contributed by atoms with E-state index in [1.807, 2.05) is 37.3 Å². The third kappa shape index (κ3) is 8.49. The molecule has 4 heteroatoms. The Hall–Kier alpha value is -1.84. The predicted molar refractivity (Wildman–Crippen MR) is 61.0 cm³/mol. The molecule has 15 heavy (non-hydrogen) atoms. The van der Waals surface area contributed by atoms with Gasteiger partial charge in [0.25, 0.3) is 0 Å². The van der Waals surface area contributed by atoms with E-state index in [1.165, 1.54) is 12.4 Å². The van der Waals surface area contributed by atoms with Crippen molar-refractivity contribution in [1.82, 2.24) is 0 Å². The molecule has 0 amide bonds. The van der Waals surface area contributed by atoms with Crippen LogP contribution in [0.15, 0.2) is 40.6 Å². The van der Waals surface area contributed by atoms with Crippen LogP contribution in [0.4, 0.5) is 0 Å². The van der Waals surface area contributed by atoms with Gasteiger partial charge in [-0.2, -0.15) is 0 Å². The van der Waals surface area contributed by atoms with Crippen molar-refractivity contribution in [2.24, 2.45) is 10.3 Å². The maximum atomic E-state index is 8.09. The molecule has 1 aromatic rings. The van der Waals surface area contributed by atoms with Gasteiger partial charge < -0.3 is 10.4 Å². The standard InChI is InChI=1S/C7H7NO.C4H9NO/c9-8-6-7-4-2-1-3-5-7;1-2-3-4-5-6/h1-6,9H;4,6H,2-3H2,1H3/b8-6-;5-4-. The van der Waals surface area contributed by atoms with Crippen LogP contribution in [0.2, 0.25) is 0 Å². The Morgan fingerprint density at radius 3 is 2.20 bits per heavy atom. The van der Waals surface area contributed by atoms with Crippen LogP contribution in [0.25, 0.3) is 0 Å². The predicted octanol–water partition coefficient (Wildman–Crippen LogP) is 2.74. The molecule has 0 aliphatic carbocycles. The number of oxime groups is 2. The van der Waals surface area contributed by atoms with Gasteiger partial charge in [-0.05, 0) is 12.0 Å². The maximum Gasteiger partial charge on any atom is 0.0733 e. The minimum atomic E-state index is 0.872. The van der Waals surface area contributed by atoms with Gasteiger partial charge in [-0.15, -0.1) is 5.16 Å². The number of hydrogen-bond donors (Lipinski definition) is 2. The second kappa shape index (κ2) is 10.2. The fraction of sp³-hybridized carbons (Fsp3) is 0.273. The Kier molecular flexibility index (Phi) is 8.99. The van der Waals surface area contributed by atoms with Gasteiger partial charge in [0.2, 0.25) is 0 Å². The Balaban J connectivity index is 0.000000288. The first-order valence-corrected chi connectivity index (χ1v) is 4.73. The van der Waals surface area contributed by atoms with Crippen molar-refractivity contribution >= 4 is 12.4 Å². The molecule has 0 aliphatic heterocycles. The first-order valence-electron chi connectivity index (χ1n) is 4.73. The molecule has 4 nitrogen and oxygen atoms in total. The molecule has 0 bridgehead atoms. The fourth-order valence-electron chi connectivity index (χ4n) is 0.793. The smallest absolute Gasteiger partial charge is 0.0733 e. The first kappa shape index (κ1) is 13.2. The van der Waals surface area contributed by atoms with Crippen molar-refractivity contribution in [3.05, 3.63) is 35.9 Å². The Morgan fingerprint density at radius 1 is 1.13 bits per heavy atom. The quantitative estimate of drug-likeness (QED) is 0.455. The molecule has 1 aromatic carbocycles. The van der Waals surface area contributed by atoms with Gasteiger partial charge in [-0.3, -0.25) is 0 Å². The van der Waals surface area contributed by atoms with Crippen LogP contribution in [0.5, 0.6) is 0 Å². The molecule has 0 aliphatic rings. The molecular weight excluding hydrogens is 192 g/mol. The molecular formula is C11H16N2O2. The van der Waals surface area contributed by atoms with E-state index in [0.717, 1.165) is 18.4 Å². The van der Waals surface area contributed by atoms with Crippen molar-refractivity contribution in [3.63, 3.8) is 0 Å². The Morgan fingerprint density at radius 2 is 1.80 bits per heavy atom. The molecule has 0 fully saturated rings. The van der Waals surface area contributed by atoms with Crippen molar-refractivity contribution < 1.29 is 10.4 Å². The topological polar surface area (TPSA) is 65.2 Å². The highest BCUT2D eigenvalue weighted by Crippen LogP contribution is 1.92. The maximum absolute atomic E-state index is 8.09. The molecule has 0 aromatic heterocycles. The Bertz CT molecular complexity index is 284. The summed E-state index contributed by atoms with van der Waals surface area (Å²) < 4.78 is 0. The monoisotopic (exact) mass is 208 g/mol. The van der Waals surface area contributed by atoms with E-state index in [0.29, 0.717) is 0 Å². The molecule has 82 valence electrons. The first-order chi connectivity index (χ1) is 7.35. The van der Waals surface area contributed by atoms with Gasteiger partial charge in [-0.1, -0.05) is 48.8 Å². The third-order valence-corrected chi connectivity index (χ3v) is 1.51. The number of unbranched alkanes of at least 4 members (excludes halogenated alkanes) is 1. The van der Waals surface area contributed by atoms with E-state index >= 15 is 0 Å². The average molecular weight is 208 g/mol. The molecule has 0 unspecified atom stereocenters. The van der Waals surface area contributed by atoms with Gasteiger partial charge in [-0.25, -0.2) is 0 Å². The normalized spacial score (nSPS) is 10.2. The molecule has 0 radical (unpaired) electrons. The zero-order valence-electron chi connectivity index (χ0n) is 8.74. The molecule has 1 rings (SSSR count). The molecule has 0 spiro atoms.